The third-order valence-electron chi connectivity index (χ3n) is 7.16. The summed E-state index contributed by atoms with van der Waals surface area (Å²) in [5.74, 6) is 0.00956. The average molecular weight is 759 g/mol. The third kappa shape index (κ3) is 38.3. The SMILES string of the molecule is CC(C)N1CC[C@H](C(=O)OC(C)(C)C)C1.CC(C)OCCC(=O)O.CC(C)OCCCO.COC[C@@H]1CCN(C(C)C)C1.[2H]C([2H])(OC)C([2H])([2H])C([2H])([2H])OC(C)C. The molecule has 2 aliphatic heterocycles. The van der Waals surface area contributed by atoms with Gasteiger partial charge in [-0.3, -0.25) is 9.59 Å². The van der Waals surface area contributed by atoms with Crippen molar-refractivity contribution in [3.05, 3.63) is 0 Å². The van der Waals surface area contributed by atoms with E-state index in [1.165, 1.54) is 33.4 Å². The number of hydrogen-bond acceptors (Lipinski definition) is 11. The molecular weight excluding hydrogens is 668 g/mol. The number of carboxylic acid groups (broad SMARTS) is 1. The molecule has 0 unspecified atom stereocenters. The van der Waals surface area contributed by atoms with E-state index in [1.54, 1.807) is 7.11 Å². The van der Waals surface area contributed by atoms with E-state index >= 15 is 0 Å². The monoisotopic (exact) mass is 759 g/mol. The fourth-order valence-electron chi connectivity index (χ4n) is 4.52. The summed E-state index contributed by atoms with van der Waals surface area (Å²) in [6, 6.07) is 1.23. The van der Waals surface area contributed by atoms with Crippen molar-refractivity contribution in [1.29, 1.82) is 0 Å². The van der Waals surface area contributed by atoms with Crippen LogP contribution in [0.3, 0.4) is 0 Å². The minimum atomic E-state index is -2.90. The van der Waals surface area contributed by atoms with Crippen molar-refractivity contribution in [2.45, 2.75) is 158 Å². The number of hydrogen-bond donors (Lipinski definition) is 2. The number of carbonyl (C=O) groups excluding carboxylic acids is 1. The molecule has 314 valence electrons. The lowest BCUT2D eigenvalue weighted by molar-refractivity contribution is -0.159. The Hall–Kier alpha value is -1.38. The van der Waals surface area contributed by atoms with Gasteiger partial charge in [-0.05, 0) is 135 Å². The molecule has 0 amide bonds. The number of aliphatic hydroxyl groups excluding tert-OH is 1. The van der Waals surface area contributed by atoms with Gasteiger partial charge in [0.25, 0.3) is 0 Å². The molecular formula is C40H84N2O10. The van der Waals surface area contributed by atoms with Gasteiger partial charge in [-0.2, -0.15) is 0 Å². The molecule has 12 nitrogen and oxygen atoms in total. The first kappa shape index (κ1) is 43.3. The fourth-order valence-corrected chi connectivity index (χ4v) is 4.52. The smallest absolute Gasteiger partial charge is 0.310 e. The van der Waals surface area contributed by atoms with Gasteiger partial charge in [0.05, 0.1) is 49.3 Å². The lowest BCUT2D eigenvalue weighted by Crippen LogP contribution is -2.32. The molecule has 2 N–H and O–H groups in total. The molecule has 0 bridgehead atoms. The van der Waals surface area contributed by atoms with Gasteiger partial charge in [-0.25, -0.2) is 0 Å². The van der Waals surface area contributed by atoms with Gasteiger partial charge in [0.15, 0.2) is 0 Å². The summed E-state index contributed by atoms with van der Waals surface area (Å²) in [7, 11) is 2.77. The largest absolute Gasteiger partial charge is 0.481 e. The molecule has 2 atom stereocenters. The number of carbonyl (C=O) groups is 2. The maximum absolute atomic E-state index is 11.8. The molecule has 0 aromatic rings. The summed E-state index contributed by atoms with van der Waals surface area (Å²) in [5.41, 5.74) is -0.359. The predicted molar refractivity (Wildman–Crippen MR) is 211 cm³/mol. The Kier molecular flexibility index (Phi) is 28.5. The van der Waals surface area contributed by atoms with Crippen LogP contribution in [0.4, 0.5) is 0 Å². The summed E-state index contributed by atoms with van der Waals surface area (Å²) < 4.78 is 73.6. The van der Waals surface area contributed by atoms with Crippen LogP contribution >= 0.6 is 0 Å². The number of aliphatic hydroxyl groups is 1. The highest BCUT2D eigenvalue weighted by atomic mass is 16.6. The molecule has 2 rings (SSSR count). The van der Waals surface area contributed by atoms with Crippen LogP contribution in [0, 0.1) is 11.8 Å². The van der Waals surface area contributed by atoms with Crippen LogP contribution in [0.2, 0.25) is 0 Å². The zero-order chi connectivity index (χ0) is 46.1. The molecule has 0 saturated carbocycles. The summed E-state index contributed by atoms with van der Waals surface area (Å²) in [6.45, 7) is 26.4. The molecule has 0 radical (unpaired) electrons. The highest BCUT2D eigenvalue weighted by Crippen LogP contribution is 2.22. The molecule has 2 heterocycles. The molecule has 0 spiro atoms. The average Bonchev–Trinajstić information content (AvgIpc) is 3.76. The van der Waals surface area contributed by atoms with E-state index in [4.69, 9.17) is 42.1 Å². The quantitative estimate of drug-likeness (QED) is 0.116. The van der Waals surface area contributed by atoms with Crippen molar-refractivity contribution in [2.75, 3.05) is 79.9 Å². The van der Waals surface area contributed by atoms with E-state index in [1.807, 2.05) is 48.5 Å². The number of likely N-dealkylation sites (tertiary alicyclic amines) is 2. The summed E-state index contributed by atoms with van der Waals surface area (Å²) in [5, 5.41) is 16.4. The zero-order valence-corrected chi connectivity index (χ0v) is 35.6. The molecule has 0 aromatic heterocycles. The van der Waals surface area contributed by atoms with Crippen LogP contribution in [0.15, 0.2) is 0 Å². The second-order valence-corrected chi connectivity index (χ2v) is 15.1. The van der Waals surface area contributed by atoms with E-state index < -0.39 is 31.6 Å². The van der Waals surface area contributed by atoms with Crippen LogP contribution in [0.5, 0.6) is 0 Å². The second-order valence-electron chi connectivity index (χ2n) is 15.1. The fraction of sp³-hybridized carbons (Fsp3) is 0.950. The molecule has 2 saturated heterocycles. The Morgan fingerprint density at radius 2 is 1.29 bits per heavy atom. The number of nitrogens with zero attached hydrogens (tertiary/aromatic N) is 2. The minimum Gasteiger partial charge on any atom is -0.481 e. The number of aliphatic carboxylic acids is 1. The Balaban J connectivity index is -0.000000666. The Morgan fingerprint density at radius 3 is 1.69 bits per heavy atom. The Bertz CT molecular complexity index is 1060. The molecule has 0 aromatic carbocycles. The maximum Gasteiger partial charge on any atom is 0.310 e. The highest BCUT2D eigenvalue weighted by molar-refractivity contribution is 5.73. The van der Waals surface area contributed by atoms with E-state index in [9.17, 15) is 9.59 Å². The lowest BCUT2D eigenvalue weighted by atomic mass is 10.1. The zero-order valence-electron chi connectivity index (χ0n) is 41.6. The first-order valence-corrected chi connectivity index (χ1v) is 18.9. The van der Waals surface area contributed by atoms with Gasteiger partial charge >= 0.3 is 11.9 Å². The summed E-state index contributed by atoms with van der Waals surface area (Å²) in [6.07, 6.45) is 0.0581. The summed E-state index contributed by atoms with van der Waals surface area (Å²) in [4.78, 5) is 26.5. The van der Waals surface area contributed by atoms with E-state index in [0.29, 0.717) is 31.4 Å². The number of rotatable bonds is 18. The van der Waals surface area contributed by atoms with Crippen molar-refractivity contribution in [3.8, 4) is 0 Å². The third-order valence-corrected chi connectivity index (χ3v) is 7.16. The molecule has 2 fully saturated rings. The minimum absolute atomic E-state index is 0.0364. The van der Waals surface area contributed by atoms with Crippen molar-refractivity contribution < 1.29 is 56.4 Å². The van der Waals surface area contributed by atoms with Gasteiger partial charge in [0.2, 0.25) is 0 Å². The molecule has 0 aliphatic carbocycles. The van der Waals surface area contributed by atoms with Gasteiger partial charge < -0.3 is 48.4 Å². The number of ether oxygens (including phenoxy) is 6. The normalized spacial score (nSPS) is 20.2. The Morgan fingerprint density at radius 1 is 0.769 bits per heavy atom. The number of carboxylic acids is 1. The van der Waals surface area contributed by atoms with Crippen LogP contribution in [-0.4, -0.2) is 148 Å². The lowest BCUT2D eigenvalue weighted by Gasteiger charge is -2.23. The topological polar surface area (TPSA) is 136 Å². The number of esters is 1. The van der Waals surface area contributed by atoms with Crippen LogP contribution in [-0.2, 0) is 38.0 Å². The summed E-state index contributed by atoms with van der Waals surface area (Å²) >= 11 is 0. The molecule has 2 aliphatic rings. The van der Waals surface area contributed by atoms with Crippen molar-refractivity contribution >= 4 is 11.9 Å². The Labute approximate surface area is 328 Å². The molecule has 12 heteroatoms. The van der Waals surface area contributed by atoms with E-state index in [-0.39, 0.29) is 36.6 Å². The standard InChI is InChI=1S/C12H23NO2.C9H19NO.C7H16O2.C6H12O3.C6H14O2/c1-9(2)13-7-6-10(8-13)11(14)15-12(3,4)5;1-8(2)10-5-4-9(6-10)7-11-3;1-7(2)9-6-4-5-8-3;1-5(2)9-4-3-6(7)8;1-6(2)8-5-3-4-7/h9-10H,6-8H2,1-5H3;8-9H,4-7H2,1-3H3;7H,4-6H2,1-3H3;5H,3-4H2,1-2H3,(H,7,8);6-7H,3-5H2,1-2H3/t10-;9-;;;/m01.../s1/i;;4D2,5D2,6D2;;. The van der Waals surface area contributed by atoms with Crippen molar-refractivity contribution in [3.63, 3.8) is 0 Å². The first-order valence-electron chi connectivity index (χ1n) is 21.9. The number of methoxy groups -OCH3 is 2. The van der Waals surface area contributed by atoms with Gasteiger partial charge in [-0.1, -0.05) is 0 Å². The molecule has 52 heavy (non-hydrogen) atoms. The van der Waals surface area contributed by atoms with E-state index in [2.05, 4.69) is 42.2 Å². The van der Waals surface area contributed by atoms with Crippen molar-refractivity contribution in [1.82, 2.24) is 9.80 Å². The van der Waals surface area contributed by atoms with Crippen LogP contribution < -0.4 is 0 Å². The van der Waals surface area contributed by atoms with Crippen LogP contribution in [0.1, 0.15) is 130 Å². The van der Waals surface area contributed by atoms with Gasteiger partial charge in [-0.15, -0.1) is 0 Å². The first-order chi connectivity index (χ1) is 26.4. The van der Waals surface area contributed by atoms with E-state index in [0.717, 1.165) is 45.6 Å². The maximum atomic E-state index is 11.8. The van der Waals surface area contributed by atoms with Crippen LogP contribution in [0.25, 0.3) is 0 Å². The van der Waals surface area contributed by atoms with Crippen molar-refractivity contribution in [2.24, 2.45) is 11.8 Å². The predicted octanol–water partition coefficient (Wildman–Crippen LogP) is 6.55. The highest BCUT2D eigenvalue weighted by Gasteiger charge is 2.32. The second kappa shape index (κ2) is 34.1. The van der Waals surface area contributed by atoms with Gasteiger partial charge in [0, 0.05) is 68.5 Å². The van der Waals surface area contributed by atoms with Gasteiger partial charge in [0.1, 0.15) is 5.60 Å².